The van der Waals surface area contributed by atoms with Crippen LogP contribution in [0.25, 0.3) is 0 Å². The fourth-order valence-corrected chi connectivity index (χ4v) is 2.44. The Bertz CT molecular complexity index is 580. The molecule has 3 rings (SSSR count). The van der Waals surface area contributed by atoms with Gasteiger partial charge < -0.3 is 14.6 Å². The third-order valence-electron chi connectivity index (χ3n) is 3.12. The highest BCUT2D eigenvalue weighted by molar-refractivity contribution is 14.1. The van der Waals surface area contributed by atoms with Gasteiger partial charge in [-0.05, 0) is 58.0 Å². The maximum atomic E-state index is 10.3. The summed E-state index contributed by atoms with van der Waals surface area (Å²) in [5, 5.41) is 10.3. The van der Waals surface area contributed by atoms with Crippen LogP contribution in [0.1, 0.15) is 17.2 Å². The van der Waals surface area contributed by atoms with Crippen LogP contribution >= 0.6 is 22.6 Å². The number of aliphatic hydroxyl groups excluding tert-OH is 1. The van der Waals surface area contributed by atoms with Crippen molar-refractivity contribution in [3.8, 4) is 11.5 Å². The number of hydrogen-bond acceptors (Lipinski definition) is 3. The Hall–Kier alpha value is -1.27. The van der Waals surface area contributed by atoms with Crippen LogP contribution < -0.4 is 9.47 Å². The third-order valence-corrected chi connectivity index (χ3v) is 3.84. The summed E-state index contributed by atoms with van der Waals surface area (Å²) in [5.74, 6) is 1.45. The number of hydrogen-bond donors (Lipinski definition) is 1. The molecule has 0 aliphatic carbocycles. The summed E-state index contributed by atoms with van der Waals surface area (Å²) in [6, 6.07) is 13.7. The predicted molar refractivity (Wildman–Crippen MR) is 80.4 cm³/mol. The van der Waals surface area contributed by atoms with E-state index in [1.807, 2.05) is 42.5 Å². The first-order valence-electron chi connectivity index (χ1n) is 6.04. The molecule has 1 aliphatic rings. The summed E-state index contributed by atoms with van der Waals surface area (Å²) in [6.45, 7) is 0.256. The van der Waals surface area contributed by atoms with E-state index in [1.54, 1.807) is 0 Å². The van der Waals surface area contributed by atoms with E-state index >= 15 is 0 Å². The molecule has 19 heavy (non-hydrogen) atoms. The Morgan fingerprint density at radius 1 is 1.05 bits per heavy atom. The van der Waals surface area contributed by atoms with Crippen molar-refractivity contribution in [1.29, 1.82) is 0 Å². The molecule has 0 saturated carbocycles. The second kappa shape index (κ2) is 5.38. The standard InChI is InChI=1S/C15H13IO3/c16-12-4-1-10(2-5-12)7-13(17)11-3-6-14-15(8-11)19-9-18-14/h1-6,8,13,17H,7,9H2. The van der Waals surface area contributed by atoms with E-state index in [2.05, 4.69) is 22.6 Å². The predicted octanol–water partition coefficient (Wildman–Crippen LogP) is 3.30. The highest BCUT2D eigenvalue weighted by Gasteiger charge is 2.16. The van der Waals surface area contributed by atoms with Crippen LogP contribution in [-0.4, -0.2) is 11.9 Å². The lowest BCUT2D eigenvalue weighted by molar-refractivity contribution is 0.171. The van der Waals surface area contributed by atoms with Crippen LogP contribution in [0.5, 0.6) is 11.5 Å². The Morgan fingerprint density at radius 2 is 1.79 bits per heavy atom. The number of rotatable bonds is 3. The van der Waals surface area contributed by atoms with E-state index in [-0.39, 0.29) is 6.79 Å². The van der Waals surface area contributed by atoms with Crippen molar-refractivity contribution >= 4 is 22.6 Å². The van der Waals surface area contributed by atoms with E-state index < -0.39 is 6.10 Å². The van der Waals surface area contributed by atoms with Gasteiger partial charge in [0.1, 0.15) is 0 Å². The normalized spacial score (nSPS) is 14.4. The van der Waals surface area contributed by atoms with Gasteiger partial charge in [-0.3, -0.25) is 0 Å². The Labute approximate surface area is 125 Å². The van der Waals surface area contributed by atoms with Gasteiger partial charge in [0.15, 0.2) is 11.5 Å². The summed E-state index contributed by atoms with van der Waals surface area (Å²) in [6.07, 6.45) is 0.0610. The quantitative estimate of drug-likeness (QED) is 0.846. The fraction of sp³-hybridized carbons (Fsp3) is 0.200. The average Bonchev–Trinajstić information content (AvgIpc) is 2.88. The molecule has 98 valence electrons. The number of fused-ring (bicyclic) bond motifs is 1. The lowest BCUT2D eigenvalue weighted by Crippen LogP contribution is -2.01. The van der Waals surface area contributed by atoms with E-state index in [4.69, 9.17) is 9.47 Å². The summed E-state index contributed by atoms with van der Waals surface area (Å²) < 4.78 is 11.8. The van der Waals surface area contributed by atoms with Crippen LogP contribution in [0.4, 0.5) is 0 Å². The Kier molecular flexibility index (Phi) is 3.61. The van der Waals surface area contributed by atoms with Crippen molar-refractivity contribution in [2.45, 2.75) is 12.5 Å². The van der Waals surface area contributed by atoms with Crippen LogP contribution in [0.3, 0.4) is 0 Å². The molecular weight excluding hydrogens is 355 g/mol. The molecule has 0 spiro atoms. The minimum Gasteiger partial charge on any atom is -0.454 e. The summed E-state index contributed by atoms with van der Waals surface area (Å²) in [7, 11) is 0. The monoisotopic (exact) mass is 368 g/mol. The molecule has 0 amide bonds. The van der Waals surface area contributed by atoms with Gasteiger partial charge in [-0.25, -0.2) is 0 Å². The number of aliphatic hydroxyl groups is 1. The zero-order valence-electron chi connectivity index (χ0n) is 10.2. The van der Waals surface area contributed by atoms with Gasteiger partial charge in [-0.1, -0.05) is 18.2 Å². The lowest BCUT2D eigenvalue weighted by Gasteiger charge is -2.11. The van der Waals surface area contributed by atoms with Crippen LogP contribution in [0, 0.1) is 3.57 Å². The summed E-state index contributed by atoms with van der Waals surface area (Å²) in [5.41, 5.74) is 1.97. The van der Waals surface area contributed by atoms with Crippen molar-refractivity contribution in [1.82, 2.24) is 0 Å². The molecule has 1 N–H and O–H groups in total. The largest absolute Gasteiger partial charge is 0.454 e. The van der Waals surface area contributed by atoms with Crippen molar-refractivity contribution in [2.24, 2.45) is 0 Å². The van der Waals surface area contributed by atoms with Gasteiger partial charge in [0, 0.05) is 9.99 Å². The second-order valence-electron chi connectivity index (χ2n) is 4.46. The number of benzene rings is 2. The average molecular weight is 368 g/mol. The molecule has 0 bridgehead atoms. The molecule has 0 fully saturated rings. The molecule has 1 unspecified atom stereocenters. The summed E-state index contributed by atoms with van der Waals surface area (Å²) in [4.78, 5) is 0. The molecule has 2 aromatic carbocycles. The molecule has 3 nitrogen and oxygen atoms in total. The topological polar surface area (TPSA) is 38.7 Å². The van der Waals surface area contributed by atoms with E-state index in [9.17, 15) is 5.11 Å². The third kappa shape index (κ3) is 2.84. The smallest absolute Gasteiger partial charge is 0.231 e. The molecule has 0 saturated heterocycles. The molecule has 0 aromatic heterocycles. The zero-order valence-corrected chi connectivity index (χ0v) is 12.3. The SMILES string of the molecule is OC(Cc1ccc(I)cc1)c1ccc2c(c1)OCO2. The molecule has 1 heterocycles. The van der Waals surface area contributed by atoms with Gasteiger partial charge in [-0.15, -0.1) is 0 Å². The van der Waals surface area contributed by atoms with Gasteiger partial charge >= 0.3 is 0 Å². The molecule has 2 aromatic rings. The van der Waals surface area contributed by atoms with Gasteiger partial charge in [0.05, 0.1) is 6.10 Å². The van der Waals surface area contributed by atoms with Crippen molar-refractivity contribution in [3.05, 3.63) is 57.2 Å². The van der Waals surface area contributed by atoms with Crippen LogP contribution in [-0.2, 0) is 6.42 Å². The molecule has 4 heteroatoms. The van der Waals surface area contributed by atoms with E-state index in [0.717, 1.165) is 16.9 Å². The first-order chi connectivity index (χ1) is 9.22. The van der Waals surface area contributed by atoms with Crippen LogP contribution in [0.2, 0.25) is 0 Å². The lowest BCUT2D eigenvalue weighted by atomic mass is 10.0. The van der Waals surface area contributed by atoms with Gasteiger partial charge in [0.25, 0.3) is 0 Å². The van der Waals surface area contributed by atoms with E-state index in [1.165, 1.54) is 3.57 Å². The van der Waals surface area contributed by atoms with Gasteiger partial charge in [0.2, 0.25) is 6.79 Å². The fourth-order valence-electron chi connectivity index (χ4n) is 2.08. The minimum absolute atomic E-state index is 0.256. The highest BCUT2D eigenvalue weighted by Crippen LogP contribution is 2.34. The molecule has 0 radical (unpaired) electrons. The van der Waals surface area contributed by atoms with Gasteiger partial charge in [-0.2, -0.15) is 0 Å². The second-order valence-corrected chi connectivity index (χ2v) is 5.70. The number of ether oxygens (including phenoxy) is 2. The Balaban J connectivity index is 1.76. The molecule has 1 aliphatic heterocycles. The minimum atomic E-state index is -0.533. The highest BCUT2D eigenvalue weighted by atomic mass is 127. The van der Waals surface area contributed by atoms with Crippen LogP contribution in [0.15, 0.2) is 42.5 Å². The van der Waals surface area contributed by atoms with Crippen molar-refractivity contribution < 1.29 is 14.6 Å². The first kappa shape index (κ1) is 12.7. The molecular formula is C15H13IO3. The zero-order chi connectivity index (χ0) is 13.2. The first-order valence-corrected chi connectivity index (χ1v) is 7.12. The number of halogens is 1. The van der Waals surface area contributed by atoms with E-state index in [0.29, 0.717) is 12.2 Å². The van der Waals surface area contributed by atoms with Crippen molar-refractivity contribution in [3.63, 3.8) is 0 Å². The summed E-state index contributed by atoms with van der Waals surface area (Å²) >= 11 is 2.27. The molecule has 1 atom stereocenters. The maximum absolute atomic E-state index is 10.3. The Morgan fingerprint density at radius 3 is 2.58 bits per heavy atom. The maximum Gasteiger partial charge on any atom is 0.231 e. The van der Waals surface area contributed by atoms with Crippen molar-refractivity contribution in [2.75, 3.05) is 6.79 Å².